The van der Waals surface area contributed by atoms with Gasteiger partial charge in [0.05, 0.1) is 21.7 Å². The average molecular weight is 443 g/mol. The summed E-state index contributed by atoms with van der Waals surface area (Å²) in [5.41, 5.74) is 0.0959. The number of amides is 1. The van der Waals surface area contributed by atoms with E-state index in [0.717, 1.165) is 10.4 Å². The topological polar surface area (TPSA) is 75.7 Å². The molecule has 0 atom stereocenters. The molecule has 2 rings (SSSR count). The molecule has 2 aromatic rings. The van der Waals surface area contributed by atoms with Gasteiger partial charge in [-0.1, -0.05) is 29.8 Å². The minimum Gasteiger partial charge on any atom is -0.379 e. The minimum absolute atomic E-state index is 0.0126. The Bertz CT molecular complexity index is 923. The number of nitrogens with one attached hydrogen (secondary N) is 1. The summed E-state index contributed by atoms with van der Waals surface area (Å²) in [5.74, 6) is -1.17. The average Bonchev–Trinajstić information content (AvgIpc) is 2.68. The molecule has 0 unspecified atom stereocenters. The minimum atomic E-state index is -4.06. The van der Waals surface area contributed by atoms with Gasteiger partial charge in [-0.25, -0.2) is 12.8 Å². The van der Waals surface area contributed by atoms with Crippen molar-refractivity contribution in [1.82, 2.24) is 5.32 Å². The Morgan fingerprint density at radius 1 is 1.21 bits per heavy atom. The van der Waals surface area contributed by atoms with Gasteiger partial charge in [-0.2, -0.15) is 0 Å². The van der Waals surface area contributed by atoms with Crippen LogP contribution in [0.5, 0.6) is 0 Å². The summed E-state index contributed by atoms with van der Waals surface area (Å²) in [4.78, 5) is 12.4. The van der Waals surface area contributed by atoms with Gasteiger partial charge in [0, 0.05) is 13.2 Å². The number of rotatable bonds is 10. The van der Waals surface area contributed by atoms with Crippen molar-refractivity contribution in [2.75, 3.05) is 24.0 Å². The van der Waals surface area contributed by atoms with E-state index in [4.69, 9.17) is 16.3 Å². The second-order valence-corrected chi connectivity index (χ2v) is 8.82. The Labute approximate surface area is 175 Å². The summed E-state index contributed by atoms with van der Waals surface area (Å²) in [5, 5.41) is 2.44. The Hall–Kier alpha value is -2.16. The SMILES string of the molecule is CC(C)OCCCNC(=O)CN(c1ccc(F)c(Cl)c1)S(=O)(=O)c1ccccc1. The first-order valence-electron chi connectivity index (χ1n) is 9.13. The van der Waals surface area contributed by atoms with Gasteiger partial charge in [0.1, 0.15) is 12.4 Å². The third kappa shape index (κ3) is 6.69. The Balaban J connectivity index is 2.19. The van der Waals surface area contributed by atoms with E-state index in [1.807, 2.05) is 13.8 Å². The molecule has 2 aromatic carbocycles. The normalized spacial score (nSPS) is 11.5. The van der Waals surface area contributed by atoms with E-state index in [1.165, 1.54) is 24.3 Å². The molecule has 1 amide bonds. The molecule has 1 N–H and O–H groups in total. The molecule has 29 heavy (non-hydrogen) atoms. The first kappa shape index (κ1) is 23.1. The third-order valence-corrected chi connectivity index (χ3v) is 5.98. The first-order chi connectivity index (χ1) is 13.7. The molecular weight excluding hydrogens is 419 g/mol. The van der Waals surface area contributed by atoms with Gasteiger partial charge in [-0.3, -0.25) is 9.10 Å². The number of halogens is 2. The third-order valence-electron chi connectivity index (χ3n) is 3.90. The highest BCUT2D eigenvalue weighted by molar-refractivity contribution is 7.92. The standard InChI is InChI=1S/C20H24ClFN2O4S/c1-15(2)28-12-6-11-23-20(25)14-24(16-9-10-19(22)18(21)13-16)29(26,27)17-7-4-3-5-8-17/h3-5,7-10,13,15H,6,11-12,14H2,1-2H3,(H,23,25). The van der Waals surface area contributed by atoms with Crippen molar-refractivity contribution < 1.29 is 22.3 Å². The molecule has 6 nitrogen and oxygen atoms in total. The van der Waals surface area contributed by atoms with Gasteiger partial charge in [0.2, 0.25) is 5.91 Å². The predicted octanol–water partition coefficient (Wildman–Crippen LogP) is 3.61. The summed E-state index contributed by atoms with van der Waals surface area (Å²) in [6.45, 7) is 4.19. The monoisotopic (exact) mass is 442 g/mol. The van der Waals surface area contributed by atoms with Crippen LogP contribution in [0.4, 0.5) is 10.1 Å². The molecule has 158 valence electrons. The summed E-state index contributed by atoms with van der Waals surface area (Å²) in [6, 6.07) is 11.2. The molecule has 0 aliphatic carbocycles. The molecule has 0 fully saturated rings. The second-order valence-electron chi connectivity index (χ2n) is 6.55. The van der Waals surface area contributed by atoms with Crippen LogP contribution < -0.4 is 9.62 Å². The maximum Gasteiger partial charge on any atom is 0.264 e. The van der Waals surface area contributed by atoms with E-state index in [9.17, 15) is 17.6 Å². The summed E-state index contributed by atoms with van der Waals surface area (Å²) in [6.07, 6.45) is 0.693. The van der Waals surface area contributed by atoms with Crippen LogP contribution >= 0.6 is 11.6 Å². The fourth-order valence-electron chi connectivity index (χ4n) is 2.48. The van der Waals surface area contributed by atoms with E-state index in [1.54, 1.807) is 18.2 Å². The lowest BCUT2D eigenvalue weighted by molar-refractivity contribution is -0.119. The number of sulfonamides is 1. The molecule has 9 heteroatoms. The molecule has 0 aromatic heterocycles. The first-order valence-corrected chi connectivity index (χ1v) is 10.9. The molecule has 0 saturated heterocycles. The van der Waals surface area contributed by atoms with E-state index in [-0.39, 0.29) is 21.7 Å². The van der Waals surface area contributed by atoms with Crippen LogP contribution in [-0.2, 0) is 19.6 Å². The molecule has 0 radical (unpaired) electrons. The van der Waals surface area contributed by atoms with Crippen LogP contribution in [0.25, 0.3) is 0 Å². The lowest BCUT2D eigenvalue weighted by Crippen LogP contribution is -2.41. The van der Waals surface area contributed by atoms with Crippen molar-refractivity contribution in [3.8, 4) is 0 Å². The van der Waals surface area contributed by atoms with E-state index >= 15 is 0 Å². The lowest BCUT2D eigenvalue weighted by atomic mass is 10.3. The zero-order chi connectivity index (χ0) is 21.4. The van der Waals surface area contributed by atoms with Crippen LogP contribution in [0.1, 0.15) is 20.3 Å². The Kier molecular flexibility index (Phi) is 8.43. The smallest absolute Gasteiger partial charge is 0.264 e. The van der Waals surface area contributed by atoms with Crippen LogP contribution in [0.3, 0.4) is 0 Å². The molecule has 0 spiro atoms. The van der Waals surface area contributed by atoms with Crippen LogP contribution in [0.2, 0.25) is 5.02 Å². The number of benzene rings is 2. The Morgan fingerprint density at radius 3 is 2.52 bits per heavy atom. The van der Waals surface area contributed by atoms with Crippen LogP contribution in [0.15, 0.2) is 53.4 Å². The molecule has 0 heterocycles. The van der Waals surface area contributed by atoms with Gasteiger partial charge in [0.25, 0.3) is 10.0 Å². The van der Waals surface area contributed by atoms with Crippen molar-refractivity contribution >= 4 is 33.2 Å². The number of ether oxygens (including phenoxy) is 1. The van der Waals surface area contributed by atoms with Crippen molar-refractivity contribution in [1.29, 1.82) is 0 Å². The predicted molar refractivity (Wildman–Crippen MR) is 111 cm³/mol. The van der Waals surface area contributed by atoms with Crippen molar-refractivity contribution in [2.24, 2.45) is 0 Å². The number of carbonyl (C=O) groups excluding carboxylic acids is 1. The zero-order valence-corrected chi connectivity index (χ0v) is 17.8. The van der Waals surface area contributed by atoms with Crippen molar-refractivity contribution in [3.63, 3.8) is 0 Å². The van der Waals surface area contributed by atoms with Crippen LogP contribution in [-0.4, -0.2) is 40.1 Å². The molecular formula is C20H24ClFN2O4S. The van der Waals surface area contributed by atoms with Crippen LogP contribution in [0, 0.1) is 5.82 Å². The van der Waals surface area contributed by atoms with E-state index in [0.29, 0.717) is 19.6 Å². The quantitative estimate of drug-likeness (QED) is 0.570. The summed E-state index contributed by atoms with van der Waals surface area (Å²) < 4.78 is 46.1. The van der Waals surface area contributed by atoms with Gasteiger partial charge in [-0.15, -0.1) is 0 Å². The van der Waals surface area contributed by atoms with E-state index < -0.39 is 28.3 Å². The highest BCUT2D eigenvalue weighted by atomic mass is 35.5. The number of hydrogen-bond acceptors (Lipinski definition) is 4. The second kappa shape index (κ2) is 10.6. The fourth-order valence-corrected chi connectivity index (χ4v) is 4.09. The summed E-state index contributed by atoms with van der Waals surface area (Å²) in [7, 11) is -4.06. The number of anilines is 1. The van der Waals surface area contributed by atoms with Gasteiger partial charge < -0.3 is 10.1 Å². The zero-order valence-electron chi connectivity index (χ0n) is 16.3. The van der Waals surface area contributed by atoms with Gasteiger partial charge >= 0.3 is 0 Å². The van der Waals surface area contributed by atoms with E-state index in [2.05, 4.69) is 5.32 Å². The molecule has 0 saturated carbocycles. The highest BCUT2D eigenvalue weighted by Gasteiger charge is 2.27. The molecule has 0 bridgehead atoms. The fraction of sp³-hybridized carbons (Fsp3) is 0.350. The van der Waals surface area contributed by atoms with Crippen molar-refractivity contribution in [2.45, 2.75) is 31.3 Å². The van der Waals surface area contributed by atoms with Gasteiger partial charge in [0.15, 0.2) is 0 Å². The number of nitrogens with zero attached hydrogens (tertiary/aromatic N) is 1. The summed E-state index contributed by atoms with van der Waals surface area (Å²) >= 11 is 5.82. The number of hydrogen-bond donors (Lipinski definition) is 1. The Morgan fingerprint density at radius 2 is 1.90 bits per heavy atom. The molecule has 0 aliphatic heterocycles. The lowest BCUT2D eigenvalue weighted by Gasteiger charge is -2.24. The largest absolute Gasteiger partial charge is 0.379 e. The number of carbonyl (C=O) groups is 1. The van der Waals surface area contributed by atoms with Gasteiger partial charge in [-0.05, 0) is 50.6 Å². The molecule has 0 aliphatic rings. The maximum atomic E-state index is 13.5. The maximum absolute atomic E-state index is 13.5. The van der Waals surface area contributed by atoms with Crippen molar-refractivity contribution in [3.05, 3.63) is 59.4 Å². The highest BCUT2D eigenvalue weighted by Crippen LogP contribution is 2.27.